The fourth-order valence-corrected chi connectivity index (χ4v) is 4.65. The van der Waals surface area contributed by atoms with Crippen molar-refractivity contribution >= 4 is 23.7 Å². The molecule has 0 bridgehead atoms. The van der Waals surface area contributed by atoms with Gasteiger partial charge in [-0.3, -0.25) is 19.2 Å². The van der Waals surface area contributed by atoms with Gasteiger partial charge in [-0.15, -0.1) is 0 Å². The van der Waals surface area contributed by atoms with Gasteiger partial charge in [-0.1, -0.05) is 52.7 Å². The van der Waals surface area contributed by atoms with Gasteiger partial charge >= 0.3 is 5.97 Å². The number of carbonyl (C=O) groups excluding carboxylic acids is 3. The van der Waals surface area contributed by atoms with E-state index in [-0.39, 0.29) is 25.2 Å². The molecule has 4 rings (SSSR count). The molecule has 10 heteroatoms. The van der Waals surface area contributed by atoms with Crippen molar-refractivity contribution in [3.8, 4) is 0 Å². The van der Waals surface area contributed by atoms with Gasteiger partial charge in [-0.2, -0.15) is 0 Å². The minimum atomic E-state index is -1.32. The molecule has 1 fully saturated rings. The summed E-state index contributed by atoms with van der Waals surface area (Å²) >= 11 is 0. The van der Waals surface area contributed by atoms with Gasteiger partial charge in [0.05, 0.1) is 12.5 Å². The highest BCUT2D eigenvalue weighted by atomic mass is 16.5. The number of carboxylic acid groups (broad SMARTS) is 1. The summed E-state index contributed by atoms with van der Waals surface area (Å²) in [6.45, 7) is 5.82. The maximum Gasteiger partial charge on any atom is 0.305 e. The lowest BCUT2D eigenvalue weighted by Gasteiger charge is -2.43. The van der Waals surface area contributed by atoms with Crippen molar-refractivity contribution in [2.75, 3.05) is 13.1 Å². The number of rotatable bonds is 7. The maximum absolute atomic E-state index is 13.9. The van der Waals surface area contributed by atoms with E-state index in [9.17, 15) is 24.3 Å². The van der Waals surface area contributed by atoms with E-state index in [1.807, 2.05) is 26.0 Å². The van der Waals surface area contributed by atoms with Crippen molar-refractivity contribution in [2.45, 2.75) is 45.8 Å². The highest BCUT2D eigenvalue weighted by molar-refractivity contribution is 6.01. The van der Waals surface area contributed by atoms with Crippen LogP contribution in [0.4, 0.5) is 0 Å². The quantitative estimate of drug-likeness (QED) is 0.491. The summed E-state index contributed by atoms with van der Waals surface area (Å²) in [5.74, 6) is -2.30. The van der Waals surface area contributed by atoms with Gasteiger partial charge < -0.3 is 24.7 Å². The van der Waals surface area contributed by atoms with Crippen molar-refractivity contribution in [2.24, 2.45) is 0 Å². The Morgan fingerprint density at radius 3 is 2.24 bits per heavy atom. The average Bonchev–Trinajstić information content (AvgIpc) is 3.33. The first-order valence-corrected chi connectivity index (χ1v) is 12.3. The summed E-state index contributed by atoms with van der Waals surface area (Å²) < 4.78 is 5.06. The summed E-state index contributed by atoms with van der Waals surface area (Å²) in [6.07, 6.45) is -1.24. The minimum Gasteiger partial charge on any atom is -0.481 e. The number of benzene rings is 2. The number of hydrogen-bond donors (Lipinski definition) is 2. The van der Waals surface area contributed by atoms with E-state index >= 15 is 0 Å². The first-order valence-electron chi connectivity index (χ1n) is 12.3. The van der Waals surface area contributed by atoms with Crippen LogP contribution in [-0.4, -0.2) is 63.0 Å². The SMILES string of the molecule is Cc1cccc(C(=O)N2CCCN(C(=O)c3cc(C)on3)C2C(=O)NC(CC(=O)O)c2cccc(C)c2)c1. The zero-order valence-corrected chi connectivity index (χ0v) is 21.5. The number of aromatic nitrogens is 1. The van der Waals surface area contributed by atoms with E-state index in [1.54, 1.807) is 43.3 Å². The second-order valence-electron chi connectivity index (χ2n) is 9.49. The van der Waals surface area contributed by atoms with Crippen LogP contribution in [0.15, 0.2) is 59.1 Å². The first-order chi connectivity index (χ1) is 18.1. The van der Waals surface area contributed by atoms with Crippen LogP contribution < -0.4 is 5.32 Å². The van der Waals surface area contributed by atoms with E-state index in [1.165, 1.54) is 15.9 Å². The maximum atomic E-state index is 13.9. The molecule has 3 amide bonds. The van der Waals surface area contributed by atoms with E-state index in [0.29, 0.717) is 23.3 Å². The fraction of sp³-hybridized carbons (Fsp3) is 0.321. The van der Waals surface area contributed by atoms with Crippen molar-refractivity contribution < 1.29 is 28.8 Å². The molecule has 1 saturated heterocycles. The smallest absolute Gasteiger partial charge is 0.305 e. The van der Waals surface area contributed by atoms with E-state index < -0.39 is 35.9 Å². The number of nitrogens with one attached hydrogen (secondary N) is 1. The Bertz CT molecular complexity index is 1370. The van der Waals surface area contributed by atoms with Gasteiger partial charge in [0, 0.05) is 24.7 Å². The lowest BCUT2D eigenvalue weighted by molar-refractivity contribution is -0.138. The molecule has 1 aliphatic heterocycles. The molecule has 0 aliphatic carbocycles. The zero-order chi connectivity index (χ0) is 27.4. The summed E-state index contributed by atoms with van der Waals surface area (Å²) in [5.41, 5.74) is 2.79. The van der Waals surface area contributed by atoms with Crippen LogP contribution in [0.2, 0.25) is 0 Å². The molecule has 38 heavy (non-hydrogen) atoms. The van der Waals surface area contributed by atoms with Gasteiger partial charge in [0.15, 0.2) is 11.9 Å². The molecule has 3 aromatic rings. The standard InChI is InChI=1S/C28H30N4O6/c1-17-7-4-9-20(13-17)22(16-24(33)34)29-25(35)26-31(27(36)21-10-5-8-18(2)14-21)11-6-12-32(26)28(37)23-15-19(3)38-30-23/h4-5,7-10,13-15,22,26H,6,11-12,16H2,1-3H3,(H,29,35)(H,33,34). The number of carboxylic acids is 1. The average molecular weight is 519 g/mol. The van der Waals surface area contributed by atoms with E-state index in [4.69, 9.17) is 4.52 Å². The van der Waals surface area contributed by atoms with Crippen LogP contribution in [0.5, 0.6) is 0 Å². The number of hydrogen-bond acceptors (Lipinski definition) is 6. The number of carbonyl (C=O) groups is 4. The third kappa shape index (κ3) is 5.91. The Labute approximate surface area is 220 Å². The van der Waals surface area contributed by atoms with Crippen LogP contribution in [0, 0.1) is 20.8 Å². The number of aliphatic carboxylic acids is 1. The summed E-state index contributed by atoms with van der Waals surface area (Å²) in [7, 11) is 0. The summed E-state index contributed by atoms with van der Waals surface area (Å²) in [5, 5.41) is 16.1. The van der Waals surface area contributed by atoms with Crippen LogP contribution in [0.25, 0.3) is 0 Å². The Balaban J connectivity index is 1.71. The molecule has 198 valence electrons. The first kappa shape index (κ1) is 26.6. The van der Waals surface area contributed by atoms with Crippen molar-refractivity contribution in [3.63, 3.8) is 0 Å². The molecule has 0 spiro atoms. The molecular weight excluding hydrogens is 488 g/mol. The third-order valence-electron chi connectivity index (χ3n) is 6.40. The molecular formula is C28H30N4O6. The monoisotopic (exact) mass is 518 g/mol. The normalized spacial score (nSPS) is 16.1. The summed E-state index contributed by atoms with van der Waals surface area (Å²) in [6, 6.07) is 14.8. The Kier molecular flexibility index (Phi) is 7.90. The Morgan fingerprint density at radius 1 is 0.974 bits per heavy atom. The van der Waals surface area contributed by atoms with Crippen molar-refractivity contribution in [1.82, 2.24) is 20.3 Å². The van der Waals surface area contributed by atoms with Crippen LogP contribution in [-0.2, 0) is 9.59 Å². The van der Waals surface area contributed by atoms with Gasteiger partial charge in [0.1, 0.15) is 5.76 Å². The molecule has 0 radical (unpaired) electrons. The number of aryl methyl sites for hydroxylation is 3. The molecule has 2 N–H and O–H groups in total. The van der Waals surface area contributed by atoms with Gasteiger partial charge in [0.25, 0.3) is 17.7 Å². The van der Waals surface area contributed by atoms with Gasteiger partial charge in [-0.25, -0.2) is 0 Å². The predicted octanol–water partition coefficient (Wildman–Crippen LogP) is 3.25. The minimum absolute atomic E-state index is 0.0194. The fourth-order valence-electron chi connectivity index (χ4n) is 4.65. The molecule has 0 saturated carbocycles. The van der Waals surface area contributed by atoms with Crippen LogP contribution in [0.3, 0.4) is 0 Å². The molecule has 2 atom stereocenters. The lowest BCUT2D eigenvalue weighted by atomic mass is 10.0. The van der Waals surface area contributed by atoms with Crippen LogP contribution in [0.1, 0.15) is 62.2 Å². The lowest BCUT2D eigenvalue weighted by Crippen LogP contribution is -2.63. The van der Waals surface area contributed by atoms with E-state index in [2.05, 4.69) is 10.5 Å². The zero-order valence-electron chi connectivity index (χ0n) is 21.5. The molecule has 1 aliphatic rings. The second kappa shape index (κ2) is 11.3. The highest BCUT2D eigenvalue weighted by Crippen LogP contribution is 2.24. The molecule has 10 nitrogen and oxygen atoms in total. The van der Waals surface area contributed by atoms with Gasteiger partial charge in [0.2, 0.25) is 0 Å². The topological polar surface area (TPSA) is 133 Å². The third-order valence-corrected chi connectivity index (χ3v) is 6.40. The van der Waals surface area contributed by atoms with Crippen LogP contribution >= 0.6 is 0 Å². The Hall–Kier alpha value is -4.47. The summed E-state index contributed by atoms with van der Waals surface area (Å²) in [4.78, 5) is 55.3. The second-order valence-corrected chi connectivity index (χ2v) is 9.49. The molecule has 2 heterocycles. The predicted molar refractivity (Wildman–Crippen MR) is 137 cm³/mol. The van der Waals surface area contributed by atoms with Crippen molar-refractivity contribution in [1.29, 1.82) is 0 Å². The van der Waals surface area contributed by atoms with Crippen molar-refractivity contribution in [3.05, 3.63) is 88.3 Å². The largest absolute Gasteiger partial charge is 0.481 e. The van der Waals surface area contributed by atoms with Gasteiger partial charge in [-0.05, 0) is 44.9 Å². The Morgan fingerprint density at radius 2 is 1.63 bits per heavy atom. The number of amides is 3. The highest BCUT2D eigenvalue weighted by Gasteiger charge is 2.42. The van der Waals surface area contributed by atoms with E-state index in [0.717, 1.165) is 11.1 Å². The molecule has 1 aromatic heterocycles. The molecule has 2 aromatic carbocycles. The molecule has 2 unspecified atom stereocenters. The number of nitrogens with zero attached hydrogens (tertiary/aromatic N) is 3.